The standard InChI is InChI=1S/C20H16ClF2N3O3S2/c21-16-11-15(5-6-17(16)23)31(28,29)26-9-7-25(8-10-26)20(27)18-12-30-19(24-18)13-1-3-14(22)4-2-13/h1-6,11-12H,7-10H2. The monoisotopic (exact) mass is 483 g/mol. The Morgan fingerprint density at radius 2 is 1.71 bits per heavy atom. The van der Waals surface area contributed by atoms with Crippen LogP contribution in [-0.4, -0.2) is 54.7 Å². The second-order valence-corrected chi connectivity index (χ2v) is 10.0. The SMILES string of the molecule is O=C(c1csc(-c2ccc(F)cc2)n1)N1CCN(S(=O)(=O)c2ccc(F)c(Cl)c2)CC1. The molecule has 1 saturated heterocycles. The Hall–Kier alpha value is -2.40. The third kappa shape index (κ3) is 4.47. The first-order valence-electron chi connectivity index (χ1n) is 9.21. The average Bonchev–Trinajstić information content (AvgIpc) is 3.26. The summed E-state index contributed by atoms with van der Waals surface area (Å²) in [7, 11) is -3.85. The Labute approximate surface area is 186 Å². The van der Waals surface area contributed by atoms with E-state index in [1.165, 1.54) is 38.7 Å². The number of hydrogen-bond donors (Lipinski definition) is 0. The largest absolute Gasteiger partial charge is 0.335 e. The molecule has 0 spiro atoms. The number of carbonyl (C=O) groups is 1. The predicted molar refractivity (Wildman–Crippen MR) is 114 cm³/mol. The van der Waals surface area contributed by atoms with Gasteiger partial charge >= 0.3 is 0 Å². The molecule has 0 atom stereocenters. The lowest BCUT2D eigenvalue weighted by Gasteiger charge is -2.33. The summed E-state index contributed by atoms with van der Waals surface area (Å²) >= 11 is 6.98. The van der Waals surface area contributed by atoms with Gasteiger partial charge in [-0.2, -0.15) is 4.31 Å². The van der Waals surface area contributed by atoms with Crippen molar-refractivity contribution in [2.45, 2.75) is 4.90 Å². The number of thiazole rings is 1. The van der Waals surface area contributed by atoms with E-state index in [9.17, 15) is 22.0 Å². The van der Waals surface area contributed by atoms with E-state index in [0.717, 1.165) is 12.1 Å². The first kappa shape index (κ1) is 21.8. The van der Waals surface area contributed by atoms with E-state index < -0.39 is 15.8 Å². The van der Waals surface area contributed by atoms with Gasteiger partial charge < -0.3 is 4.90 Å². The Bertz CT molecular complexity index is 1220. The molecule has 31 heavy (non-hydrogen) atoms. The van der Waals surface area contributed by atoms with E-state index >= 15 is 0 Å². The smallest absolute Gasteiger partial charge is 0.273 e. The lowest BCUT2D eigenvalue weighted by atomic mass is 10.2. The minimum Gasteiger partial charge on any atom is -0.335 e. The van der Waals surface area contributed by atoms with Gasteiger partial charge in [0.2, 0.25) is 10.0 Å². The summed E-state index contributed by atoms with van der Waals surface area (Å²) in [6, 6.07) is 9.09. The van der Waals surface area contributed by atoms with Gasteiger partial charge in [0.25, 0.3) is 5.91 Å². The molecule has 1 amide bonds. The maximum Gasteiger partial charge on any atom is 0.273 e. The lowest BCUT2D eigenvalue weighted by Crippen LogP contribution is -2.50. The number of rotatable bonds is 4. The highest BCUT2D eigenvalue weighted by molar-refractivity contribution is 7.89. The highest BCUT2D eigenvalue weighted by Gasteiger charge is 2.31. The molecular weight excluding hydrogens is 468 g/mol. The van der Waals surface area contributed by atoms with Crippen LogP contribution >= 0.6 is 22.9 Å². The van der Waals surface area contributed by atoms with Crippen LogP contribution in [0.2, 0.25) is 5.02 Å². The fourth-order valence-electron chi connectivity index (χ4n) is 3.18. The Kier molecular flexibility index (Phi) is 6.07. The molecule has 0 aliphatic carbocycles. The van der Waals surface area contributed by atoms with Crippen molar-refractivity contribution < 1.29 is 22.0 Å². The summed E-state index contributed by atoms with van der Waals surface area (Å²) in [4.78, 5) is 18.6. The van der Waals surface area contributed by atoms with Gasteiger partial charge in [-0.3, -0.25) is 4.79 Å². The molecule has 0 saturated carbocycles. The van der Waals surface area contributed by atoms with Gasteiger partial charge in [-0.05, 0) is 42.5 Å². The third-order valence-corrected chi connectivity index (χ3v) is 7.94. The summed E-state index contributed by atoms with van der Waals surface area (Å²) in [5.41, 5.74) is 0.963. The van der Waals surface area contributed by atoms with Crippen molar-refractivity contribution in [1.82, 2.24) is 14.2 Å². The van der Waals surface area contributed by atoms with Crippen LogP contribution < -0.4 is 0 Å². The van der Waals surface area contributed by atoms with Crippen LogP contribution in [-0.2, 0) is 10.0 Å². The second-order valence-electron chi connectivity index (χ2n) is 6.82. The molecule has 1 aliphatic heterocycles. The Morgan fingerprint density at radius 1 is 1.03 bits per heavy atom. The van der Waals surface area contributed by atoms with Crippen molar-refractivity contribution in [1.29, 1.82) is 0 Å². The number of halogens is 3. The molecule has 0 unspecified atom stereocenters. The number of amides is 1. The minimum atomic E-state index is -3.85. The highest BCUT2D eigenvalue weighted by atomic mass is 35.5. The van der Waals surface area contributed by atoms with Crippen molar-refractivity contribution in [3.8, 4) is 10.6 Å². The number of benzene rings is 2. The molecule has 0 N–H and O–H groups in total. The van der Waals surface area contributed by atoms with Gasteiger partial charge in [0.15, 0.2) is 0 Å². The Morgan fingerprint density at radius 3 is 2.35 bits per heavy atom. The number of carbonyl (C=O) groups excluding carboxylic acids is 1. The van der Waals surface area contributed by atoms with Crippen molar-refractivity contribution in [3.05, 3.63) is 70.2 Å². The van der Waals surface area contributed by atoms with Crippen molar-refractivity contribution in [3.63, 3.8) is 0 Å². The van der Waals surface area contributed by atoms with Crippen LogP contribution in [0, 0.1) is 11.6 Å². The summed E-state index contributed by atoms with van der Waals surface area (Å²) in [6.45, 7) is 0.572. The van der Waals surface area contributed by atoms with Crippen LogP contribution in [0.3, 0.4) is 0 Å². The van der Waals surface area contributed by atoms with Crippen LogP contribution in [0.15, 0.2) is 52.7 Å². The molecule has 2 heterocycles. The molecule has 1 fully saturated rings. The molecule has 1 aliphatic rings. The predicted octanol–water partition coefficient (Wildman–Crippen LogP) is 3.89. The first-order chi connectivity index (χ1) is 14.8. The second kappa shape index (κ2) is 8.62. The van der Waals surface area contributed by atoms with E-state index in [-0.39, 0.29) is 53.5 Å². The van der Waals surface area contributed by atoms with E-state index in [1.807, 2.05) is 0 Å². The van der Waals surface area contributed by atoms with Gasteiger partial charge in [0, 0.05) is 37.1 Å². The third-order valence-electron chi connectivity index (χ3n) is 4.87. The summed E-state index contributed by atoms with van der Waals surface area (Å²) in [6.07, 6.45) is 0. The average molecular weight is 484 g/mol. The fourth-order valence-corrected chi connectivity index (χ4v) is 5.67. The van der Waals surface area contributed by atoms with Crippen LogP contribution in [0.1, 0.15) is 10.5 Å². The zero-order valence-corrected chi connectivity index (χ0v) is 18.4. The van der Waals surface area contributed by atoms with E-state index in [1.54, 1.807) is 17.5 Å². The summed E-state index contributed by atoms with van der Waals surface area (Å²) in [5.74, 6) is -1.35. The molecule has 4 rings (SSSR count). The zero-order valence-electron chi connectivity index (χ0n) is 16.0. The molecule has 0 bridgehead atoms. The molecule has 0 radical (unpaired) electrons. The van der Waals surface area contributed by atoms with Crippen LogP contribution in [0.25, 0.3) is 10.6 Å². The van der Waals surface area contributed by atoms with Gasteiger partial charge in [0.05, 0.1) is 9.92 Å². The van der Waals surface area contributed by atoms with Crippen molar-refractivity contribution in [2.24, 2.45) is 0 Å². The molecule has 162 valence electrons. The quantitative estimate of drug-likeness (QED) is 0.564. The number of aromatic nitrogens is 1. The van der Waals surface area contributed by atoms with Crippen LogP contribution in [0.4, 0.5) is 8.78 Å². The fraction of sp³-hybridized carbons (Fsp3) is 0.200. The van der Waals surface area contributed by atoms with E-state index in [2.05, 4.69) is 4.98 Å². The maximum atomic E-state index is 13.4. The molecule has 6 nitrogen and oxygen atoms in total. The maximum absolute atomic E-state index is 13.4. The normalized spacial score (nSPS) is 15.3. The van der Waals surface area contributed by atoms with Crippen LogP contribution in [0.5, 0.6) is 0 Å². The summed E-state index contributed by atoms with van der Waals surface area (Å²) < 4.78 is 53.3. The van der Waals surface area contributed by atoms with Crippen molar-refractivity contribution >= 4 is 38.9 Å². The van der Waals surface area contributed by atoms with Gasteiger partial charge in [0.1, 0.15) is 22.3 Å². The molecule has 1 aromatic heterocycles. The lowest BCUT2D eigenvalue weighted by molar-refractivity contribution is 0.0693. The first-order valence-corrected chi connectivity index (χ1v) is 11.9. The molecule has 2 aromatic carbocycles. The van der Waals surface area contributed by atoms with Gasteiger partial charge in [-0.1, -0.05) is 11.6 Å². The van der Waals surface area contributed by atoms with Crippen molar-refractivity contribution in [2.75, 3.05) is 26.2 Å². The Balaban J connectivity index is 1.43. The summed E-state index contributed by atoms with van der Waals surface area (Å²) in [5, 5.41) is 1.96. The molecular formula is C20H16ClF2N3O3S2. The number of piperazine rings is 1. The zero-order chi connectivity index (χ0) is 22.2. The molecule has 11 heteroatoms. The number of sulfonamides is 1. The van der Waals surface area contributed by atoms with Gasteiger partial charge in [-0.25, -0.2) is 22.2 Å². The molecule has 3 aromatic rings. The van der Waals surface area contributed by atoms with Gasteiger partial charge in [-0.15, -0.1) is 11.3 Å². The van der Waals surface area contributed by atoms with E-state index in [4.69, 9.17) is 11.6 Å². The topological polar surface area (TPSA) is 70.6 Å². The number of hydrogen-bond acceptors (Lipinski definition) is 5. The minimum absolute atomic E-state index is 0.0953. The van der Waals surface area contributed by atoms with E-state index in [0.29, 0.717) is 10.6 Å². The highest BCUT2D eigenvalue weighted by Crippen LogP contribution is 2.26. The number of nitrogens with zero attached hydrogens (tertiary/aromatic N) is 3.